The first-order valence-corrected chi connectivity index (χ1v) is 3.71. The third kappa shape index (κ3) is 48.5. The molecule has 0 bridgehead atoms. The van der Waals surface area contributed by atoms with Crippen LogP contribution in [-0.2, 0) is 27.2 Å². The average molecular weight is 247 g/mol. The van der Waals surface area contributed by atoms with Crippen molar-refractivity contribution in [1.82, 2.24) is 0 Å². The Bertz CT molecular complexity index is 153. The van der Waals surface area contributed by atoms with E-state index in [1.165, 1.54) is 0 Å². The van der Waals surface area contributed by atoms with E-state index in [1.54, 1.807) is 0 Å². The van der Waals surface area contributed by atoms with Crippen LogP contribution in [0.2, 0.25) is 0 Å². The molecule has 3 N–H and O–H groups in total. The summed E-state index contributed by atoms with van der Waals surface area (Å²) in [5.74, 6) is 0. The van der Waals surface area contributed by atoms with Crippen LogP contribution in [0.3, 0.4) is 0 Å². The second-order valence-corrected chi connectivity index (χ2v) is 2.24. The summed E-state index contributed by atoms with van der Waals surface area (Å²) < 4.78 is 34.1. The van der Waals surface area contributed by atoms with Gasteiger partial charge >= 0.3 is 16.8 Å². The average Bonchev–Trinajstić information content (AvgIpc) is 1.83. The monoisotopic (exact) mass is 247 g/mol. The molecule has 0 aliphatic carbocycles. The van der Waals surface area contributed by atoms with E-state index in [9.17, 15) is 0 Å². The minimum absolute atomic E-state index is 0. The van der Waals surface area contributed by atoms with Gasteiger partial charge in [-0.25, -0.2) is 0 Å². The van der Waals surface area contributed by atoms with Gasteiger partial charge in [-0.05, 0) is 0 Å². The van der Waals surface area contributed by atoms with E-state index in [4.69, 9.17) is 32.8 Å². The number of rotatable bonds is 2. The summed E-state index contributed by atoms with van der Waals surface area (Å²) in [5.41, 5.74) is 0. The van der Waals surface area contributed by atoms with Gasteiger partial charge in [-0.2, -0.15) is 0 Å². The van der Waals surface area contributed by atoms with Crippen molar-refractivity contribution in [2.75, 3.05) is 13.2 Å². The topological polar surface area (TPSA) is 141 Å². The van der Waals surface area contributed by atoms with E-state index < -0.39 is 16.5 Å². The first-order valence-electron chi connectivity index (χ1n) is 2.37. The van der Waals surface area contributed by atoms with Gasteiger partial charge in [0, 0.05) is 10.4 Å². The molecule has 0 atom stereocenters. The molecule has 0 saturated heterocycles. The maximum atomic E-state index is 8.52. The summed E-state index contributed by atoms with van der Waals surface area (Å²) in [4.78, 5) is 0. The number of hydrogen-bond donors (Lipinski definition) is 3. The van der Waals surface area contributed by atoms with Crippen LogP contribution in [0, 0.1) is 0 Å². The summed E-state index contributed by atoms with van der Waals surface area (Å²) in [6.07, 6.45) is -0.954. The molecule has 0 aromatic carbocycles. The van der Waals surface area contributed by atoms with Gasteiger partial charge < -0.3 is 24.4 Å². The maximum Gasteiger partial charge on any atom is 2.00 e. The zero-order valence-electron chi connectivity index (χ0n) is 5.71. The number of aliphatic hydroxyl groups excluding tert-OH is 3. The van der Waals surface area contributed by atoms with Crippen LogP contribution in [0.4, 0.5) is 0 Å². The Hall–Kier alpha value is 0.256. The fourth-order valence-corrected chi connectivity index (χ4v) is 0.0577. The molecule has 1 radical (unpaired) electrons. The molecule has 0 unspecified atom stereocenters. The standard InChI is InChI=1S/C3H8O3.Co.H2O4S/c4-1-3(6)2-5;;1-5(2,3)4/h3-6H,1-2H2;;(H2,1,2,3,4)/q;+2;/p-2. The third-order valence-electron chi connectivity index (χ3n) is 0.421. The van der Waals surface area contributed by atoms with Crippen molar-refractivity contribution in [3.63, 3.8) is 0 Å². The van der Waals surface area contributed by atoms with Crippen molar-refractivity contribution in [2.24, 2.45) is 0 Å². The molecule has 0 aliphatic rings. The zero-order chi connectivity index (χ0) is 9.49. The second-order valence-electron chi connectivity index (χ2n) is 1.43. The van der Waals surface area contributed by atoms with E-state index in [-0.39, 0.29) is 30.0 Å². The van der Waals surface area contributed by atoms with Gasteiger partial charge in [-0.15, -0.1) is 0 Å². The first-order chi connectivity index (χ1) is 4.81. The Morgan fingerprint density at radius 1 is 1.17 bits per heavy atom. The fourth-order valence-electron chi connectivity index (χ4n) is 0.0577. The van der Waals surface area contributed by atoms with Crippen molar-refractivity contribution in [3.05, 3.63) is 0 Å². The number of hydrogen-bond acceptors (Lipinski definition) is 7. The van der Waals surface area contributed by atoms with Crippen molar-refractivity contribution >= 4 is 10.4 Å². The predicted molar refractivity (Wildman–Crippen MR) is 30.7 cm³/mol. The molecule has 0 rings (SSSR count). The van der Waals surface area contributed by atoms with Crippen molar-refractivity contribution < 1.29 is 49.6 Å². The summed E-state index contributed by atoms with van der Waals surface area (Å²) in [5, 5.41) is 24.0. The molecule has 0 saturated carbocycles. The minimum Gasteiger partial charge on any atom is -0.759 e. The molecule has 0 aliphatic heterocycles. The molecule has 0 aromatic heterocycles. The normalized spacial score (nSPS) is 9.83. The van der Waals surface area contributed by atoms with Gasteiger partial charge in [0.15, 0.2) is 0 Å². The first kappa shape index (κ1) is 18.1. The van der Waals surface area contributed by atoms with Gasteiger partial charge in [0.1, 0.15) is 6.10 Å². The smallest absolute Gasteiger partial charge is 0.759 e. The predicted octanol–water partition coefficient (Wildman–Crippen LogP) is -3.01. The Morgan fingerprint density at radius 3 is 1.33 bits per heavy atom. The van der Waals surface area contributed by atoms with Gasteiger partial charge in [0.05, 0.1) is 13.2 Å². The maximum absolute atomic E-state index is 8.52. The molecule has 0 spiro atoms. The molecule has 9 heteroatoms. The molecule has 0 heterocycles. The minimum atomic E-state index is -5.17. The van der Waals surface area contributed by atoms with Gasteiger partial charge in [0.2, 0.25) is 0 Å². The molecular formula is C3H8CoO7S. The summed E-state index contributed by atoms with van der Waals surface area (Å²) in [7, 11) is -5.17. The quantitative estimate of drug-likeness (QED) is 0.348. The number of aliphatic hydroxyl groups is 3. The van der Waals surface area contributed by atoms with E-state index in [2.05, 4.69) is 0 Å². The van der Waals surface area contributed by atoms with Crippen LogP contribution in [-0.4, -0.2) is 52.2 Å². The molecule has 7 nitrogen and oxygen atoms in total. The second kappa shape index (κ2) is 9.35. The van der Waals surface area contributed by atoms with Crippen LogP contribution in [0.15, 0.2) is 0 Å². The van der Waals surface area contributed by atoms with Gasteiger partial charge in [-0.1, -0.05) is 0 Å². The molecule has 0 aromatic rings. The molecule has 77 valence electrons. The van der Waals surface area contributed by atoms with Crippen molar-refractivity contribution in [3.8, 4) is 0 Å². The van der Waals surface area contributed by atoms with E-state index >= 15 is 0 Å². The largest absolute Gasteiger partial charge is 2.00 e. The Balaban J connectivity index is -0.000000126. The van der Waals surface area contributed by atoms with Gasteiger partial charge in [0.25, 0.3) is 0 Å². The molecular weight excluding hydrogens is 239 g/mol. The summed E-state index contributed by atoms with van der Waals surface area (Å²) in [6, 6.07) is 0. The third-order valence-corrected chi connectivity index (χ3v) is 0.421. The van der Waals surface area contributed by atoms with Crippen LogP contribution in [0.25, 0.3) is 0 Å². The Labute approximate surface area is 79.8 Å². The summed E-state index contributed by atoms with van der Waals surface area (Å²) in [6.45, 7) is -0.729. The summed E-state index contributed by atoms with van der Waals surface area (Å²) >= 11 is 0. The van der Waals surface area contributed by atoms with E-state index in [1.807, 2.05) is 0 Å². The fraction of sp³-hybridized carbons (Fsp3) is 1.00. The molecule has 0 fully saturated rings. The van der Waals surface area contributed by atoms with Crippen LogP contribution in [0.1, 0.15) is 0 Å². The Kier molecular flexibility index (Phi) is 14.1. The Morgan fingerprint density at radius 2 is 1.33 bits per heavy atom. The SMILES string of the molecule is O=S(=O)([O-])[O-].OCC(O)CO.[Co+2]. The van der Waals surface area contributed by atoms with E-state index in [0.717, 1.165) is 0 Å². The molecule has 12 heavy (non-hydrogen) atoms. The van der Waals surface area contributed by atoms with Crippen LogP contribution in [0.5, 0.6) is 0 Å². The van der Waals surface area contributed by atoms with Crippen LogP contribution < -0.4 is 0 Å². The van der Waals surface area contributed by atoms with Crippen molar-refractivity contribution in [1.29, 1.82) is 0 Å². The zero-order valence-corrected chi connectivity index (χ0v) is 7.57. The van der Waals surface area contributed by atoms with Gasteiger partial charge in [-0.3, -0.25) is 8.42 Å². The molecule has 0 amide bonds. The van der Waals surface area contributed by atoms with E-state index in [0.29, 0.717) is 0 Å². The van der Waals surface area contributed by atoms with Crippen molar-refractivity contribution in [2.45, 2.75) is 6.10 Å². The van der Waals surface area contributed by atoms with Crippen LogP contribution >= 0.6 is 0 Å².